The van der Waals surface area contributed by atoms with Gasteiger partial charge in [0, 0.05) is 17.8 Å². The Balaban J connectivity index is 1.79. The Morgan fingerprint density at radius 3 is 2.75 bits per heavy atom. The molecule has 0 saturated heterocycles. The maximum Gasteiger partial charge on any atom is 0.252 e. The zero-order chi connectivity index (χ0) is 16.9. The van der Waals surface area contributed by atoms with Crippen molar-refractivity contribution >= 4 is 11.6 Å². The largest absolute Gasteiger partial charge is 0.497 e. The lowest BCUT2D eigenvalue weighted by Crippen LogP contribution is -2.29. The van der Waals surface area contributed by atoms with Crippen molar-refractivity contribution in [2.75, 3.05) is 19.0 Å². The highest BCUT2D eigenvalue weighted by Gasteiger charge is 2.20. The molecule has 3 rings (SSSR count). The number of benzene rings is 2. The Bertz CT molecular complexity index is 710. The van der Waals surface area contributed by atoms with Crippen molar-refractivity contribution in [3.63, 3.8) is 0 Å². The number of nitrogens with one attached hydrogen (secondary N) is 2. The molecule has 2 aromatic rings. The zero-order valence-corrected chi connectivity index (χ0v) is 14.3. The molecule has 0 saturated carbocycles. The standard InChI is InChI=1S/C20H24N2O2/c1-3-18(14-9-11-15(24-2)12-10-14)22-20(23)17-6-4-8-19-16(17)7-5-13-21-19/h4,6,8-12,18,21H,3,5,7,13H2,1-2H3,(H,22,23). The number of anilines is 1. The van der Waals surface area contributed by atoms with Crippen molar-refractivity contribution in [2.24, 2.45) is 0 Å². The van der Waals surface area contributed by atoms with Crippen LogP contribution in [-0.2, 0) is 6.42 Å². The third-order valence-corrected chi connectivity index (χ3v) is 4.57. The van der Waals surface area contributed by atoms with Gasteiger partial charge < -0.3 is 15.4 Å². The topological polar surface area (TPSA) is 50.4 Å². The molecule has 1 atom stereocenters. The van der Waals surface area contributed by atoms with Gasteiger partial charge in [0.25, 0.3) is 5.91 Å². The minimum absolute atomic E-state index is 0.00165. The van der Waals surface area contributed by atoms with Gasteiger partial charge in [0.1, 0.15) is 5.75 Å². The Hall–Kier alpha value is -2.49. The van der Waals surface area contributed by atoms with E-state index >= 15 is 0 Å². The first-order valence-electron chi connectivity index (χ1n) is 8.53. The third kappa shape index (κ3) is 3.37. The molecule has 1 aliphatic heterocycles. The molecule has 0 aliphatic carbocycles. The Morgan fingerprint density at radius 1 is 1.25 bits per heavy atom. The summed E-state index contributed by atoms with van der Waals surface area (Å²) in [5, 5.41) is 6.55. The second-order valence-electron chi connectivity index (χ2n) is 6.07. The van der Waals surface area contributed by atoms with E-state index in [4.69, 9.17) is 4.74 Å². The van der Waals surface area contributed by atoms with Crippen molar-refractivity contribution in [3.05, 3.63) is 59.2 Å². The lowest BCUT2D eigenvalue weighted by Gasteiger charge is -2.23. The molecule has 1 aliphatic rings. The third-order valence-electron chi connectivity index (χ3n) is 4.57. The predicted molar refractivity (Wildman–Crippen MR) is 96.7 cm³/mol. The van der Waals surface area contributed by atoms with Crippen LogP contribution in [0.3, 0.4) is 0 Å². The minimum atomic E-state index is -0.00388. The van der Waals surface area contributed by atoms with Gasteiger partial charge in [-0.1, -0.05) is 25.1 Å². The van der Waals surface area contributed by atoms with Crippen LogP contribution < -0.4 is 15.4 Å². The highest BCUT2D eigenvalue weighted by atomic mass is 16.5. The number of fused-ring (bicyclic) bond motifs is 1. The van der Waals surface area contributed by atoms with Crippen LogP contribution in [0.1, 0.15) is 47.3 Å². The number of carbonyl (C=O) groups is 1. The molecule has 126 valence electrons. The number of carbonyl (C=O) groups excluding carboxylic acids is 1. The molecule has 1 heterocycles. The van der Waals surface area contributed by atoms with Crippen LogP contribution in [0.15, 0.2) is 42.5 Å². The summed E-state index contributed by atoms with van der Waals surface area (Å²) >= 11 is 0. The molecule has 24 heavy (non-hydrogen) atoms. The highest BCUT2D eigenvalue weighted by molar-refractivity contribution is 5.97. The molecule has 1 unspecified atom stereocenters. The number of ether oxygens (including phenoxy) is 1. The van der Waals surface area contributed by atoms with E-state index < -0.39 is 0 Å². The van der Waals surface area contributed by atoms with Gasteiger partial charge in [0.2, 0.25) is 0 Å². The van der Waals surface area contributed by atoms with Crippen LogP contribution in [-0.4, -0.2) is 19.6 Å². The van der Waals surface area contributed by atoms with E-state index in [-0.39, 0.29) is 11.9 Å². The fraction of sp³-hybridized carbons (Fsp3) is 0.350. The summed E-state index contributed by atoms with van der Waals surface area (Å²) in [7, 11) is 1.65. The average molecular weight is 324 g/mol. The van der Waals surface area contributed by atoms with Crippen LogP contribution in [0.25, 0.3) is 0 Å². The van der Waals surface area contributed by atoms with Gasteiger partial charge in [-0.2, -0.15) is 0 Å². The SMILES string of the molecule is CCC(NC(=O)c1cccc2c1CCCN2)c1ccc(OC)cc1. The number of methoxy groups -OCH3 is 1. The van der Waals surface area contributed by atoms with Gasteiger partial charge in [0.15, 0.2) is 0 Å². The molecule has 0 fully saturated rings. The van der Waals surface area contributed by atoms with Crippen LogP contribution >= 0.6 is 0 Å². The Morgan fingerprint density at radius 2 is 2.04 bits per heavy atom. The molecule has 2 N–H and O–H groups in total. The zero-order valence-electron chi connectivity index (χ0n) is 14.3. The second kappa shape index (κ2) is 7.39. The summed E-state index contributed by atoms with van der Waals surface area (Å²) in [5.74, 6) is 0.821. The number of rotatable bonds is 5. The Kier molecular flexibility index (Phi) is 5.04. The summed E-state index contributed by atoms with van der Waals surface area (Å²) in [4.78, 5) is 12.8. The van der Waals surface area contributed by atoms with Crippen molar-refractivity contribution in [3.8, 4) is 5.75 Å². The predicted octanol–water partition coefficient (Wildman–Crippen LogP) is 3.93. The molecule has 1 amide bonds. The monoisotopic (exact) mass is 324 g/mol. The van der Waals surface area contributed by atoms with Gasteiger partial charge >= 0.3 is 0 Å². The minimum Gasteiger partial charge on any atom is -0.497 e. The van der Waals surface area contributed by atoms with Crippen LogP contribution in [0, 0.1) is 0 Å². The van der Waals surface area contributed by atoms with E-state index in [2.05, 4.69) is 17.6 Å². The normalized spacial score (nSPS) is 14.2. The van der Waals surface area contributed by atoms with E-state index in [0.29, 0.717) is 0 Å². The molecule has 0 bridgehead atoms. The first-order chi connectivity index (χ1) is 11.7. The van der Waals surface area contributed by atoms with Crippen LogP contribution in [0.5, 0.6) is 5.75 Å². The van der Waals surface area contributed by atoms with E-state index in [9.17, 15) is 4.79 Å². The molecule has 2 aromatic carbocycles. The van der Waals surface area contributed by atoms with Gasteiger partial charge in [0.05, 0.1) is 13.2 Å². The van der Waals surface area contributed by atoms with Gasteiger partial charge in [-0.05, 0) is 54.7 Å². The Labute approximate surface area is 143 Å². The molecule has 4 heteroatoms. The van der Waals surface area contributed by atoms with Crippen LogP contribution in [0.2, 0.25) is 0 Å². The fourth-order valence-electron chi connectivity index (χ4n) is 3.22. The first-order valence-corrected chi connectivity index (χ1v) is 8.53. The molecule has 0 radical (unpaired) electrons. The van der Waals surface area contributed by atoms with E-state index in [0.717, 1.165) is 53.9 Å². The maximum absolute atomic E-state index is 12.8. The number of amides is 1. The maximum atomic E-state index is 12.8. The average Bonchev–Trinajstić information content (AvgIpc) is 2.65. The molecular weight excluding hydrogens is 300 g/mol. The first kappa shape index (κ1) is 16.4. The molecule has 4 nitrogen and oxygen atoms in total. The number of hydrogen-bond acceptors (Lipinski definition) is 3. The summed E-state index contributed by atoms with van der Waals surface area (Å²) < 4.78 is 5.20. The summed E-state index contributed by atoms with van der Waals surface area (Å²) in [5.41, 5.74) is 4.10. The van der Waals surface area contributed by atoms with Crippen molar-refractivity contribution < 1.29 is 9.53 Å². The smallest absolute Gasteiger partial charge is 0.252 e. The van der Waals surface area contributed by atoms with Crippen molar-refractivity contribution in [1.82, 2.24) is 5.32 Å². The summed E-state index contributed by atoms with van der Waals surface area (Å²) in [6.45, 7) is 3.05. The van der Waals surface area contributed by atoms with E-state index in [1.54, 1.807) is 7.11 Å². The fourth-order valence-corrected chi connectivity index (χ4v) is 3.22. The summed E-state index contributed by atoms with van der Waals surface area (Å²) in [6, 6.07) is 13.8. The lowest BCUT2D eigenvalue weighted by atomic mass is 9.96. The lowest BCUT2D eigenvalue weighted by molar-refractivity contribution is 0.0934. The van der Waals surface area contributed by atoms with Gasteiger partial charge in [-0.25, -0.2) is 0 Å². The van der Waals surface area contributed by atoms with Crippen molar-refractivity contribution in [1.29, 1.82) is 0 Å². The molecule has 0 aromatic heterocycles. The van der Waals surface area contributed by atoms with E-state index in [1.165, 1.54) is 0 Å². The number of hydrogen-bond donors (Lipinski definition) is 2. The highest BCUT2D eigenvalue weighted by Crippen LogP contribution is 2.26. The van der Waals surface area contributed by atoms with Gasteiger partial charge in [-0.15, -0.1) is 0 Å². The summed E-state index contributed by atoms with van der Waals surface area (Å²) in [6.07, 6.45) is 2.85. The van der Waals surface area contributed by atoms with E-state index in [1.807, 2.05) is 42.5 Å². The van der Waals surface area contributed by atoms with Gasteiger partial charge in [-0.3, -0.25) is 4.79 Å². The quantitative estimate of drug-likeness (QED) is 0.876. The molecular formula is C20H24N2O2. The molecule has 0 spiro atoms. The second-order valence-corrected chi connectivity index (χ2v) is 6.07. The van der Waals surface area contributed by atoms with Crippen LogP contribution in [0.4, 0.5) is 5.69 Å². The van der Waals surface area contributed by atoms with Crippen molar-refractivity contribution in [2.45, 2.75) is 32.2 Å².